The molecule has 11 heteroatoms. The number of allylic oxidation sites excluding steroid dienone is 3. The van der Waals surface area contributed by atoms with E-state index in [4.69, 9.17) is 14.2 Å². The Labute approximate surface area is 562 Å². The standard InChI is InChI=1S/C80H153NO10/c1-3-5-7-9-11-13-14-15-41-45-48-52-56-60-64-68-76(85)89-69-65-61-57-53-49-46-43-40-38-36-34-32-30-28-26-24-22-20-18-16-17-19-21-23-25-27-29-31-33-35-37-39-42-44-47-51-55-59-63-67-75(84)81-72(73(83)66-62-58-54-50-12-10-8-6-4-2)71-90-80-79(88)78(87)77(86)74(70-82)91-80/h15,41,62,66,72-74,77-80,82-83,86-88H,3-14,16-40,42-61,63-65,67-71H2,1-2H3,(H,81,84)/b41-15-,66-62+. The fourth-order valence-corrected chi connectivity index (χ4v) is 13.0. The van der Waals surface area contributed by atoms with Crippen molar-refractivity contribution in [1.82, 2.24) is 5.32 Å². The molecule has 1 heterocycles. The number of ether oxygens (including phenoxy) is 3. The topological polar surface area (TPSA) is 175 Å². The van der Waals surface area contributed by atoms with Crippen LogP contribution in [0, 0.1) is 0 Å². The third-order valence-corrected chi connectivity index (χ3v) is 19.3. The molecule has 0 bridgehead atoms. The third-order valence-electron chi connectivity index (χ3n) is 19.3. The van der Waals surface area contributed by atoms with Gasteiger partial charge < -0.3 is 45.1 Å². The van der Waals surface area contributed by atoms with Gasteiger partial charge in [0.15, 0.2) is 6.29 Å². The van der Waals surface area contributed by atoms with Gasteiger partial charge in [0.25, 0.3) is 0 Å². The Hall–Kier alpha value is -1.86. The van der Waals surface area contributed by atoms with Gasteiger partial charge in [-0.3, -0.25) is 9.59 Å². The fraction of sp³-hybridized carbons (Fsp3) is 0.925. The van der Waals surface area contributed by atoms with Crippen LogP contribution in [-0.4, -0.2) is 100 Å². The molecule has 1 amide bonds. The number of nitrogens with one attached hydrogen (secondary N) is 1. The number of aliphatic hydroxyl groups is 5. The minimum Gasteiger partial charge on any atom is -0.466 e. The minimum atomic E-state index is -1.57. The normalized spacial score (nSPS) is 17.6. The third kappa shape index (κ3) is 58.1. The fourth-order valence-electron chi connectivity index (χ4n) is 13.0. The van der Waals surface area contributed by atoms with Crippen LogP contribution in [0.5, 0.6) is 0 Å². The highest BCUT2D eigenvalue weighted by molar-refractivity contribution is 5.76. The molecule has 1 fully saturated rings. The second kappa shape index (κ2) is 69.5. The zero-order valence-electron chi connectivity index (χ0n) is 60.1. The Bertz CT molecular complexity index is 1560. The molecule has 538 valence electrons. The van der Waals surface area contributed by atoms with Gasteiger partial charge in [-0.25, -0.2) is 0 Å². The first-order valence-corrected chi connectivity index (χ1v) is 40.1. The first-order chi connectivity index (χ1) is 44.7. The highest BCUT2D eigenvalue weighted by Crippen LogP contribution is 2.24. The highest BCUT2D eigenvalue weighted by atomic mass is 16.7. The summed E-state index contributed by atoms with van der Waals surface area (Å²) in [7, 11) is 0. The summed E-state index contributed by atoms with van der Waals surface area (Å²) in [5, 5.41) is 54.4. The molecule has 1 saturated heterocycles. The lowest BCUT2D eigenvalue weighted by molar-refractivity contribution is -0.302. The Morgan fingerprint density at radius 3 is 1.05 bits per heavy atom. The number of hydrogen-bond donors (Lipinski definition) is 6. The van der Waals surface area contributed by atoms with Gasteiger partial charge in [-0.1, -0.05) is 366 Å². The van der Waals surface area contributed by atoms with Crippen LogP contribution >= 0.6 is 0 Å². The van der Waals surface area contributed by atoms with Crippen LogP contribution in [0.1, 0.15) is 412 Å². The predicted octanol–water partition coefficient (Wildman–Crippen LogP) is 21.5. The summed E-state index contributed by atoms with van der Waals surface area (Å²) >= 11 is 0. The number of unbranched alkanes of at least 4 members (excludes halogenated alkanes) is 56. The van der Waals surface area contributed by atoms with E-state index in [1.54, 1.807) is 6.08 Å². The summed E-state index contributed by atoms with van der Waals surface area (Å²) in [5.41, 5.74) is 0. The van der Waals surface area contributed by atoms with E-state index in [0.29, 0.717) is 19.4 Å². The van der Waals surface area contributed by atoms with E-state index >= 15 is 0 Å². The molecule has 11 nitrogen and oxygen atoms in total. The van der Waals surface area contributed by atoms with Gasteiger partial charge in [0.1, 0.15) is 24.4 Å². The smallest absolute Gasteiger partial charge is 0.305 e. The molecule has 0 radical (unpaired) electrons. The summed E-state index contributed by atoms with van der Waals surface area (Å²) in [6.07, 6.45) is 79.6. The molecule has 1 aliphatic rings. The number of amides is 1. The van der Waals surface area contributed by atoms with Gasteiger partial charge in [-0.05, 0) is 57.8 Å². The molecular weight excluding hydrogens is 1130 g/mol. The van der Waals surface area contributed by atoms with Crippen molar-refractivity contribution in [3.05, 3.63) is 24.3 Å². The van der Waals surface area contributed by atoms with Crippen molar-refractivity contribution in [2.24, 2.45) is 0 Å². The van der Waals surface area contributed by atoms with Gasteiger partial charge in [-0.15, -0.1) is 0 Å². The summed E-state index contributed by atoms with van der Waals surface area (Å²) in [5.74, 6) is -0.164. The van der Waals surface area contributed by atoms with E-state index in [2.05, 4.69) is 31.3 Å². The molecule has 0 aliphatic carbocycles. The lowest BCUT2D eigenvalue weighted by Crippen LogP contribution is -2.60. The van der Waals surface area contributed by atoms with Crippen LogP contribution in [-0.2, 0) is 23.8 Å². The molecule has 0 aromatic carbocycles. The molecule has 7 unspecified atom stereocenters. The molecule has 91 heavy (non-hydrogen) atoms. The molecule has 0 saturated carbocycles. The van der Waals surface area contributed by atoms with E-state index in [-0.39, 0.29) is 18.5 Å². The van der Waals surface area contributed by atoms with Crippen LogP contribution in [0.25, 0.3) is 0 Å². The van der Waals surface area contributed by atoms with Crippen LogP contribution in [0.4, 0.5) is 0 Å². The average Bonchev–Trinajstić information content (AvgIpc) is 3.73. The minimum absolute atomic E-state index is 0.0111. The Morgan fingerprint density at radius 1 is 0.396 bits per heavy atom. The van der Waals surface area contributed by atoms with Gasteiger partial charge in [0, 0.05) is 12.8 Å². The highest BCUT2D eigenvalue weighted by Gasteiger charge is 2.44. The van der Waals surface area contributed by atoms with Crippen molar-refractivity contribution in [3.8, 4) is 0 Å². The predicted molar refractivity (Wildman–Crippen MR) is 384 cm³/mol. The average molecular weight is 1290 g/mol. The van der Waals surface area contributed by atoms with E-state index in [1.165, 1.54) is 327 Å². The molecule has 6 N–H and O–H groups in total. The summed E-state index contributed by atoms with van der Waals surface area (Å²) < 4.78 is 16.7. The molecule has 7 atom stereocenters. The summed E-state index contributed by atoms with van der Waals surface area (Å²) in [6.45, 7) is 4.36. The number of esters is 1. The Balaban J connectivity index is 1.83. The van der Waals surface area contributed by atoms with Crippen molar-refractivity contribution in [3.63, 3.8) is 0 Å². The van der Waals surface area contributed by atoms with Gasteiger partial charge >= 0.3 is 5.97 Å². The van der Waals surface area contributed by atoms with Gasteiger partial charge in [-0.2, -0.15) is 0 Å². The summed E-state index contributed by atoms with van der Waals surface area (Å²) in [4.78, 5) is 25.1. The van der Waals surface area contributed by atoms with Crippen LogP contribution in [0.15, 0.2) is 24.3 Å². The number of carbonyl (C=O) groups excluding carboxylic acids is 2. The maximum Gasteiger partial charge on any atom is 0.305 e. The lowest BCUT2D eigenvalue weighted by atomic mass is 9.99. The first-order valence-electron chi connectivity index (χ1n) is 40.1. The first kappa shape index (κ1) is 87.2. The largest absolute Gasteiger partial charge is 0.466 e. The number of aliphatic hydroxyl groups excluding tert-OH is 5. The second-order valence-corrected chi connectivity index (χ2v) is 28.1. The van der Waals surface area contributed by atoms with E-state index in [1.807, 2.05) is 6.08 Å². The molecule has 0 aromatic rings. The monoisotopic (exact) mass is 1290 g/mol. The molecular formula is C80H153NO10. The maximum absolute atomic E-state index is 13.0. The Morgan fingerprint density at radius 2 is 0.703 bits per heavy atom. The van der Waals surface area contributed by atoms with Crippen LogP contribution < -0.4 is 5.32 Å². The SMILES string of the molecule is CCCCCCCC/C=C\CCCCCCCC(=O)OCCCCCCCCCCCCCCCCCCCCCCCCCCCCCCCCCCCCCCCCCC(=O)NC(COC1OC(CO)C(O)C(O)C1O)C(O)/C=C/CCCCCCCCC. The molecule has 1 aliphatic heterocycles. The van der Waals surface area contributed by atoms with E-state index in [9.17, 15) is 35.1 Å². The van der Waals surface area contributed by atoms with E-state index < -0.39 is 49.5 Å². The molecule has 0 aromatic heterocycles. The number of rotatable bonds is 72. The lowest BCUT2D eigenvalue weighted by Gasteiger charge is -2.40. The molecule has 1 rings (SSSR count). The van der Waals surface area contributed by atoms with Crippen molar-refractivity contribution in [1.29, 1.82) is 0 Å². The van der Waals surface area contributed by atoms with E-state index in [0.717, 1.165) is 57.8 Å². The number of hydrogen-bond acceptors (Lipinski definition) is 10. The Kier molecular flexibility index (Phi) is 66.6. The van der Waals surface area contributed by atoms with Gasteiger partial charge in [0.05, 0.1) is 32.0 Å². The zero-order valence-corrected chi connectivity index (χ0v) is 60.1. The van der Waals surface area contributed by atoms with Crippen molar-refractivity contribution in [2.45, 2.75) is 455 Å². The second-order valence-electron chi connectivity index (χ2n) is 28.1. The maximum atomic E-state index is 13.0. The van der Waals surface area contributed by atoms with Crippen molar-refractivity contribution >= 4 is 11.9 Å². The molecule has 0 spiro atoms. The van der Waals surface area contributed by atoms with Crippen LogP contribution in [0.2, 0.25) is 0 Å². The number of carbonyl (C=O) groups is 2. The van der Waals surface area contributed by atoms with Crippen LogP contribution in [0.3, 0.4) is 0 Å². The summed E-state index contributed by atoms with van der Waals surface area (Å²) in [6, 6.07) is -0.803. The quantitative estimate of drug-likeness (QED) is 0.0195. The van der Waals surface area contributed by atoms with Crippen molar-refractivity contribution < 1.29 is 49.3 Å². The van der Waals surface area contributed by atoms with Gasteiger partial charge in [0.2, 0.25) is 5.91 Å². The zero-order chi connectivity index (χ0) is 65.8. The van der Waals surface area contributed by atoms with Crippen molar-refractivity contribution in [2.75, 3.05) is 19.8 Å².